The number of nitrogens with two attached hydrogens (primary N) is 1. The van der Waals surface area contributed by atoms with E-state index in [2.05, 4.69) is 27.9 Å². The summed E-state index contributed by atoms with van der Waals surface area (Å²) in [6.07, 6.45) is 0. The normalized spacial score (nSPS) is 10.2. The molecule has 6 heteroatoms. The molecule has 0 bridgehead atoms. The molecule has 0 fully saturated rings. The van der Waals surface area contributed by atoms with Gasteiger partial charge in [0.15, 0.2) is 0 Å². The zero-order chi connectivity index (χ0) is 12.0. The van der Waals surface area contributed by atoms with Crippen molar-refractivity contribution in [3.8, 4) is 0 Å². The van der Waals surface area contributed by atoms with E-state index in [1.165, 1.54) is 0 Å². The number of carbonyl (C=O) groups excluding carboxylic acids is 1. The van der Waals surface area contributed by atoms with E-state index in [4.69, 9.17) is 22.1 Å². The zero-order valence-electron chi connectivity index (χ0n) is 8.50. The first-order chi connectivity index (χ1) is 7.63. The SMILES string of the molecule is NCCOCC(=O)Nc1ccc(Cl)cc1I. The highest BCUT2D eigenvalue weighted by atomic mass is 127. The molecular formula is C10H12ClIN2O2. The molecule has 0 saturated heterocycles. The van der Waals surface area contributed by atoms with Crippen molar-refractivity contribution < 1.29 is 9.53 Å². The second-order valence-electron chi connectivity index (χ2n) is 3.01. The quantitative estimate of drug-likeness (QED) is 0.627. The minimum Gasteiger partial charge on any atom is -0.370 e. The van der Waals surface area contributed by atoms with Crippen molar-refractivity contribution in [3.05, 3.63) is 26.8 Å². The lowest BCUT2D eigenvalue weighted by molar-refractivity contribution is -0.120. The van der Waals surface area contributed by atoms with Crippen LogP contribution >= 0.6 is 34.2 Å². The topological polar surface area (TPSA) is 64.3 Å². The minimum absolute atomic E-state index is 0.00983. The van der Waals surface area contributed by atoms with E-state index in [0.29, 0.717) is 18.2 Å². The summed E-state index contributed by atoms with van der Waals surface area (Å²) in [5.41, 5.74) is 5.96. The average Bonchev–Trinajstić information content (AvgIpc) is 2.23. The molecule has 0 saturated carbocycles. The molecule has 0 aromatic heterocycles. The number of anilines is 1. The lowest BCUT2D eigenvalue weighted by Gasteiger charge is -2.07. The predicted octanol–water partition coefficient (Wildman–Crippen LogP) is 1.86. The van der Waals surface area contributed by atoms with Gasteiger partial charge in [0, 0.05) is 15.1 Å². The molecule has 0 radical (unpaired) electrons. The van der Waals surface area contributed by atoms with Crippen molar-refractivity contribution in [1.82, 2.24) is 0 Å². The Morgan fingerprint density at radius 1 is 1.56 bits per heavy atom. The van der Waals surface area contributed by atoms with E-state index < -0.39 is 0 Å². The number of amides is 1. The van der Waals surface area contributed by atoms with Crippen LogP contribution < -0.4 is 11.1 Å². The van der Waals surface area contributed by atoms with Gasteiger partial charge in [-0.1, -0.05) is 11.6 Å². The van der Waals surface area contributed by atoms with Crippen LogP contribution in [0.3, 0.4) is 0 Å². The molecule has 0 atom stereocenters. The van der Waals surface area contributed by atoms with Crippen LogP contribution in [0.4, 0.5) is 5.69 Å². The Morgan fingerprint density at radius 3 is 2.94 bits per heavy atom. The summed E-state index contributed by atoms with van der Waals surface area (Å²) in [5, 5.41) is 3.37. The Balaban J connectivity index is 2.49. The van der Waals surface area contributed by atoms with Gasteiger partial charge >= 0.3 is 0 Å². The van der Waals surface area contributed by atoms with Gasteiger partial charge in [-0.25, -0.2) is 0 Å². The van der Waals surface area contributed by atoms with Crippen LogP contribution in [0.15, 0.2) is 18.2 Å². The second-order valence-corrected chi connectivity index (χ2v) is 4.61. The lowest BCUT2D eigenvalue weighted by atomic mass is 10.3. The first-order valence-corrected chi connectivity index (χ1v) is 6.12. The standard InChI is InChI=1S/C10H12ClIN2O2/c11-7-1-2-9(8(12)5-7)14-10(15)6-16-4-3-13/h1-2,5H,3-4,6,13H2,(H,14,15). The van der Waals surface area contributed by atoms with Crippen LogP contribution in [0.25, 0.3) is 0 Å². The van der Waals surface area contributed by atoms with Crippen LogP contribution in [0, 0.1) is 3.57 Å². The fourth-order valence-corrected chi connectivity index (χ4v) is 2.03. The number of carbonyl (C=O) groups is 1. The maximum Gasteiger partial charge on any atom is 0.250 e. The van der Waals surface area contributed by atoms with Crippen LogP contribution in [0.5, 0.6) is 0 Å². The third-order valence-corrected chi connectivity index (χ3v) is 2.83. The molecule has 0 unspecified atom stereocenters. The van der Waals surface area contributed by atoms with Crippen LogP contribution in [0.2, 0.25) is 5.02 Å². The van der Waals surface area contributed by atoms with Crippen molar-refractivity contribution in [3.63, 3.8) is 0 Å². The molecule has 0 aliphatic carbocycles. The summed E-state index contributed by atoms with van der Waals surface area (Å²) in [4.78, 5) is 11.4. The van der Waals surface area contributed by atoms with E-state index in [9.17, 15) is 4.79 Å². The molecule has 1 rings (SSSR count). The highest BCUT2D eigenvalue weighted by Gasteiger charge is 2.05. The molecule has 1 amide bonds. The molecule has 16 heavy (non-hydrogen) atoms. The Morgan fingerprint density at radius 2 is 2.31 bits per heavy atom. The number of hydrogen-bond acceptors (Lipinski definition) is 3. The van der Waals surface area contributed by atoms with E-state index in [1.54, 1.807) is 18.2 Å². The largest absolute Gasteiger partial charge is 0.370 e. The number of halogens is 2. The van der Waals surface area contributed by atoms with Gasteiger partial charge in [0.1, 0.15) is 6.61 Å². The van der Waals surface area contributed by atoms with E-state index >= 15 is 0 Å². The number of benzene rings is 1. The van der Waals surface area contributed by atoms with Gasteiger partial charge in [0.2, 0.25) is 5.91 Å². The minimum atomic E-state index is -0.200. The molecule has 3 N–H and O–H groups in total. The smallest absolute Gasteiger partial charge is 0.250 e. The summed E-state index contributed by atoms with van der Waals surface area (Å²) in [7, 11) is 0. The van der Waals surface area contributed by atoms with E-state index in [1.807, 2.05) is 0 Å². The van der Waals surface area contributed by atoms with Gasteiger partial charge < -0.3 is 15.8 Å². The van der Waals surface area contributed by atoms with Crippen molar-refractivity contribution in [1.29, 1.82) is 0 Å². The fraction of sp³-hybridized carbons (Fsp3) is 0.300. The summed E-state index contributed by atoms with van der Waals surface area (Å²) < 4.78 is 5.90. The molecule has 0 spiro atoms. The van der Waals surface area contributed by atoms with Gasteiger partial charge in [0.25, 0.3) is 0 Å². The van der Waals surface area contributed by atoms with Gasteiger partial charge in [0.05, 0.1) is 12.3 Å². The van der Waals surface area contributed by atoms with Crippen molar-refractivity contribution >= 4 is 45.8 Å². The molecule has 1 aromatic carbocycles. The van der Waals surface area contributed by atoms with Crippen molar-refractivity contribution in [2.75, 3.05) is 25.1 Å². The van der Waals surface area contributed by atoms with Gasteiger partial charge in [-0.05, 0) is 40.8 Å². The molecular weight excluding hydrogens is 342 g/mol. The van der Waals surface area contributed by atoms with Crippen LogP contribution in [-0.4, -0.2) is 25.7 Å². The summed E-state index contributed by atoms with van der Waals surface area (Å²) in [6, 6.07) is 5.25. The number of hydrogen-bond donors (Lipinski definition) is 2. The lowest BCUT2D eigenvalue weighted by Crippen LogP contribution is -2.21. The molecule has 0 heterocycles. The van der Waals surface area contributed by atoms with Gasteiger partial charge in [-0.15, -0.1) is 0 Å². The monoisotopic (exact) mass is 354 g/mol. The Kier molecular flexibility index (Phi) is 6.04. The van der Waals surface area contributed by atoms with E-state index in [-0.39, 0.29) is 12.5 Å². The Hall–Kier alpha value is -0.370. The first kappa shape index (κ1) is 13.7. The van der Waals surface area contributed by atoms with Gasteiger partial charge in [-0.2, -0.15) is 0 Å². The van der Waals surface area contributed by atoms with E-state index in [0.717, 1.165) is 9.26 Å². The number of ether oxygens (including phenoxy) is 1. The summed E-state index contributed by atoms with van der Waals surface area (Å²) in [6.45, 7) is 0.798. The third-order valence-electron chi connectivity index (χ3n) is 1.70. The molecule has 1 aromatic rings. The van der Waals surface area contributed by atoms with Crippen molar-refractivity contribution in [2.45, 2.75) is 0 Å². The molecule has 88 valence electrons. The Labute approximate surface area is 113 Å². The molecule has 0 aliphatic heterocycles. The molecule has 0 aliphatic rings. The maximum absolute atomic E-state index is 11.4. The Bertz CT molecular complexity index is 374. The average molecular weight is 355 g/mol. The highest BCUT2D eigenvalue weighted by Crippen LogP contribution is 2.22. The number of rotatable bonds is 5. The highest BCUT2D eigenvalue weighted by molar-refractivity contribution is 14.1. The molecule has 4 nitrogen and oxygen atoms in total. The number of nitrogens with one attached hydrogen (secondary N) is 1. The predicted molar refractivity (Wildman–Crippen MR) is 72.7 cm³/mol. The zero-order valence-corrected chi connectivity index (χ0v) is 11.4. The van der Waals surface area contributed by atoms with Crippen molar-refractivity contribution in [2.24, 2.45) is 5.73 Å². The third kappa shape index (κ3) is 4.65. The summed E-state index contributed by atoms with van der Waals surface area (Å²) in [5.74, 6) is -0.200. The second kappa shape index (κ2) is 7.05. The fourth-order valence-electron chi connectivity index (χ4n) is 1.03. The summed E-state index contributed by atoms with van der Waals surface area (Å²) >= 11 is 7.90. The van der Waals surface area contributed by atoms with Crippen LogP contribution in [-0.2, 0) is 9.53 Å². The first-order valence-electron chi connectivity index (χ1n) is 4.66. The maximum atomic E-state index is 11.4. The van der Waals surface area contributed by atoms with Crippen LogP contribution in [0.1, 0.15) is 0 Å². The van der Waals surface area contributed by atoms with Gasteiger partial charge in [-0.3, -0.25) is 4.79 Å².